The first-order chi connectivity index (χ1) is 9.98. The summed E-state index contributed by atoms with van der Waals surface area (Å²) in [6, 6.07) is 15.1. The van der Waals surface area contributed by atoms with Crippen LogP contribution in [0.15, 0.2) is 48.5 Å². The molecule has 0 spiro atoms. The van der Waals surface area contributed by atoms with Crippen LogP contribution < -0.4 is 10.5 Å². The molecule has 1 heterocycles. The molecule has 3 N–H and O–H groups in total. The number of para-hydroxylation sites is 1. The standard InChI is InChI=1S/C18H21NO2/c1-18(2)11-13-9-6-10-14(17(13)21-18)16(20)15(19)12-7-4-3-5-8-12/h3-10,15-16,20H,11,19H2,1-2H3. The first-order valence-corrected chi connectivity index (χ1v) is 7.27. The Morgan fingerprint density at radius 2 is 1.81 bits per heavy atom. The lowest BCUT2D eigenvalue weighted by atomic mass is 9.94. The Kier molecular flexibility index (Phi) is 3.47. The van der Waals surface area contributed by atoms with Crippen molar-refractivity contribution >= 4 is 0 Å². The molecule has 21 heavy (non-hydrogen) atoms. The predicted octanol–water partition coefficient (Wildman–Crippen LogP) is 3.13. The maximum atomic E-state index is 10.7. The molecule has 0 aromatic heterocycles. The maximum absolute atomic E-state index is 10.7. The lowest BCUT2D eigenvalue weighted by Crippen LogP contribution is -2.25. The summed E-state index contributed by atoms with van der Waals surface area (Å²) in [4.78, 5) is 0. The van der Waals surface area contributed by atoms with Gasteiger partial charge >= 0.3 is 0 Å². The van der Waals surface area contributed by atoms with E-state index >= 15 is 0 Å². The van der Waals surface area contributed by atoms with Gasteiger partial charge in [-0.2, -0.15) is 0 Å². The minimum absolute atomic E-state index is 0.227. The van der Waals surface area contributed by atoms with Crippen LogP contribution >= 0.6 is 0 Å². The van der Waals surface area contributed by atoms with Crippen LogP contribution in [0.2, 0.25) is 0 Å². The average Bonchev–Trinajstić information content (AvgIpc) is 2.80. The van der Waals surface area contributed by atoms with Gasteiger partial charge in [0.25, 0.3) is 0 Å². The van der Waals surface area contributed by atoms with Crippen molar-refractivity contribution in [2.24, 2.45) is 5.73 Å². The first kappa shape index (κ1) is 14.1. The van der Waals surface area contributed by atoms with Crippen molar-refractivity contribution in [3.05, 3.63) is 65.2 Å². The van der Waals surface area contributed by atoms with Crippen molar-refractivity contribution in [3.63, 3.8) is 0 Å². The maximum Gasteiger partial charge on any atom is 0.129 e. The molecule has 3 nitrogen and oxygen atoms in total. The molecule has 2 atom stereocenters. The average molecular weight is 283 g/mol. The van der Waals surface area contributed by atoms with E-state index < -0.39 is 12.1 Å². The highest BCUT2D eigenvalue weighted by atomic mass is 16.5. The fourth-order valence-electron chi connectivity index (χ4n) is 2.92. The minimum atomic E-state index is -0.781. The van der Waals surface area contributed by atoms with Gasteiger partial charge in [-0.3, -0.25) is 0 Å². The van der Waals surface area contributed by atoms with Crippen molar-refractivity contribution in [1.82, 2.24) is 0 Å². The first-order valence-electron chi connectivity index (χ1n) is 7.27. The summed E-state index contributed by atoms with van der Waals surface area (Å²) >= 11 is 0. The van der Waals surface area contributed by atoms with Gasteiger partial charge in [-0.15, -0.1) is 0 Å². The van der Waals surface area contributed by atoms with E-state index in [0.717, 1.165) is 28.9 Å². The summed E-state index contributed by atoms with van der Waals surface area (Å²) in [5.41, 5.74) is 8.82. The van der Waals surface area contributed by atoms with Crippen molar-refractivity contribution in [3.8, 4) is 5.75 Å². The van der Waals surface area contributed by atoms with Gasteiger partial charge in [0.15, 0.2) is 0 Å². The fraction of sp³-hybridized carbons (Fsp3) is 0.333. The molecule has 0 saturated carbocycles. The Morgan fingerprint density at radius 1 is 1.10 bits per heavy atom. The Hall–Kier alpha value is -1.84. The molecule has 1 aliphatic heterocycles. The van der Waals surface area contributed by atoms with Gasteiger partial charge in [-0.25, -0.2) is 0 Å². The van der Waals surface area contributed by atoms with Gasteiger partial charge in [-0.1, -0.05) is 48.5 Å². The molecular formula is C18H21NO2. The number of hydrogen-bond acceptors (Lipinski definition) is 3. The lowest BCUT2D eigenvalue weighted by Gasteiger charge is -2.23. The zero-order chi connectivity index (χ0) is 15.0. The minimum Gasteiger partial charge on any atom is -0.487 e. The van der Waals surface area contributed by atoms with E-state index in [0.29, 0.717) is 0 Å². The molecule has 110 valence electrons. The van der Waals surface area contributed by atoms with Crippen LogP contribution in [0.4, 0.5) is 0 Å². The number of ether oxygens (including phenoxy) is 1. The van der Waals surface area contributed by atoms with Gasteiger partial charge in [0.2, 0.25) is 0 Å². The number of rotatable bonds is 3. The molecule has 0 bridgehead atoms. The normalized spacial score (nSPS) is 18.7. The Balaban J connectivity index is 1.94. The van der Waals surface area contributed by atoms with Crippen LogP contribution in [0, 0.1) is 0 Å². The highest BCUT2D eigenvalue weighted by Gasteiger charge is 2.34. The van der Waals surface area contributed by atoms with Crippen LogP contribution in [0.3, 0.4) is 0 Å². The van der Waals surface area contributed by atoms with E-state index in [2.05, 4.69) is 13.8 Å². The Labute approximate surface area is 125 Å². The second-order valence-corrected chi connectivity index (χ2v) is 6.26. The number of aliphatic hydroxyl groups is 1. The third kappa shape index (κ3) is 2.67. The zero-order valence-electron chi connectivity index (χ0n) is 12.4. The summed E-state index contributed by atoms with van der Waals surface area (Å²) in [7, 11) is 0. The number of hydrogen-bond donors (Lipinski definition) is 2. The molecule has 0 radical (unpaired) electrons. The fourth-order valence-corrected chi connectivity index (χ4v) is 2.92. The molecule has 3 rings (SSSR count). The third-order valence-electron chi connectivity index (χ3n) is 3.96. The Bertz CT molecular complexity index is 637. The second kappa shape index (κ2) is 5.17. The van der Waals surface area contributed by atoms with Gasteiger partial charge in [0.05, 0.1) is 6.04 Å². The molecule has 2 aromatic carbocycles. The molecule has 0 fully saturated rings. The van der Waals surface area contributed by atoms with Crippen LogP contribution in [-0.2, 0) is 6.42 Å². The van der Waals surface area contributed by atoms with E-state index in [1.807, 2.05) is 48.5 Å². The van der Waals surface area contributed by atoms with Crippen LogP contribution in [0.5, 0.6) is 5.75 Å². The largest absolute Gasteiger partial charge is 0.487 e. The molecule has 0 saturated heterocycles. The topological polar surface area (TPSA) is 55.5 Å². The van der Waals surface area contributed by atoms with E-state index in [4.69, 9.17) is 10.5 Å². The monoisotopic (exact) mass is 283 g/mol. The highest BCUT2D eigenvalue weighted by molar-refractivity contribution is 5.47. The van der Waals surface area contributed by atoms with Gasteiger partial charge in [-0.05, 0) is 25.0 Å². The number of aliphatic hydroxyl groups excluding tert-OH is 1. The molecule has 1 aliphatic rings. The van der Waals surface area contributed by atoms with E-state index in [1.54, 1.807) is 0 Å². The summed E-state index contributed by atoms with van der Waals surface area (Å²) < 4.78 is 6.02. The number of fused-ring (bicyclic) bond motifs is 1. The van der Waals surface area contributed by atoms with Crippen LogP contribution in [-0.4, -0.2) is 10.7 Å². The van der Waals surface area contributed by atoms with Gasteiger partial charge < -0.3 is 15.6 Å². The Morgan fingerprint density at radius 3 is 2.52 bits per heavy atom. The quantitative estimate of drug-likeness (QED) is 0.910. The SMILES string of the molecule is CC1(C)Cc2cccc(C(O)C(N)c3ccccc3)c2O1. The van der Waals surface area contributed by atoms with E-state index in [9.17, 15) is 5.11 Å². The smallest absolute Gasteiger partial charge is 0.129 e. The molecule has 0 amide bonds. The number of nitrogens with two attached hydrogens (primary N) is 1. The zero-order valence-corrected chi connectivity index (χ0v) is 12.4. The molecule has 2 aromatic rings. The summed E-state index contributed by atoms with van der Waals surface area (Å²) in [6.45, 7) is 4.11. The van der Waals surface area contributed by atoms with Gasteiger partial charge in [0.1, 0.15) is 17.5 Å². The predicted molar refractivity (Wildman–Crippen MR) is 83.2 cm³/mol. The highest BCUT2D eigenvalue weighted by Crippen LogP contribution is 2.42. The number of benzene rings is 2. The van der Waals surface area contributed by atoms with E-state index in [-0.39, 0.29) is 5.60 Å². The second-order valence-electron chi connectivity index (χ2n) is 6.26. The summed E-state index contributed by atoms with van der Waals surface area (Å²) in [5.74, 6) is 0.793. The van der Waals surface area contributed by atoms with Crippen LogP contribution in [0.25, 0.3) is 0 Å². The van der Waals surface area contributed by atoms with Crippen molar-refractivity contribution in [2.45, 2.75) is 38.0 Å². The molecule has 0 aliphatic carbocycles. The third-order valence-corrected chi connectivity index (χ3v) is 3.96. The molecule has 3 heteroatoms. The lowest BCUT2D eigenvalue weighted by molar-refractivity contribution is 0.117. The summed E-state index contributed by atoms with van der Waals surface area (Å²) in [6.07, 6.45) is 0.0694. The van der Waals surface area contributed by atoms with Gasteiger partial charge in [0, 0.05) is 12.0 Å². The van der Waals surface area contributed by atoms with E-state index in [1.165, 1.54) is 0 Å². The van der Waals surface area contributed by atoms with Crippen LogP contribution in [0.1, 0.15) is 42.7 Å². The van der Waals surface area contributed by atoms with Crippen molar-refractivity contribution < 1.29 is 9.84 Å². The van der Waals surface area contributed by atoms with Crippen molar-refractivity contribution in [1.29, 1.82) is 0 Å². The molecule has 2 unspecified atom stereocenters. The van der Waals surface area contributed by atoms with Crippen molar-refractivity contribution in [2.75, 3.05) is 0 Å². The molecular weight excluding hydrogens is 262 g/mol. The summed E-state index contributed by atoms with van der Waals surface area (Å²) in [5, 5.41) is 10.7.